The van der Waals surface area contributed by atoms with E-state index in [1.165, 1.54) is 24.0 Å². The van der Waals surface area contributed by atoms with Gasteiger partial charge in [-0.2, -0.15) is 0 Å². The van der Waals surface area contributed by atoms with Crippen LogP contribution in [0.15, 0.2) is 42.5 Å². The molecule has 2 N–H and O–H groups in total. The number of para-hydroxylation sites is 2. The lowest BCUT2D eigenvalue weighted by atomic mass is 9.89. The van der Waals surface area contributed by atoms with Crippen molar-refractivity contribution in [3.8, 4) is 5.75 Å². The van der Waals surface area contributed by atoms with E-state index in [4.69, 9.17) is 9.47 Å². The Hall–Kier alpha value is -3.35. The van der Waals surface area contributed by atoms with Gasteiger partial charge >= 0.3 is 5.97 Å². The highest BCUT2D eigenvalue weighted by Crippen LogP contribution is 2.29. The third kappa shape index (κ3) is 5.05. The summed E-state index contributed by atoms with van der Waals surface area (Å²) in [5.41, 5.74) is 4.33. The number of fused-ring (bicyclic) bond motifs is 2. The number of ether oxygens (including phenoxy) is 2. The monoisotopic (exact) mass is 422 g/mol. The van der Waals surface area contributed by atoms with Crippen LogP contribution < -0.4 is 15.4 Å². The first-order chi connectivity index (χ1) is 15.0. The first-order valence-electron chi connectivity index (χ1n) is 10.6. The number of carbonyl (C=O) groups excluding carboxylic acids is 3. The molecule has 4 rings (SSSR count). The van der Waals surface area contributed by atoms with Crippen LogP contribution in [0.1, 0.15) is 48.9 Å². The van der Waals surface area contributed by atoms with E-state index in [0.717, 1.165) is 18.4 Å². The van der Waals surface area contributed by atoms with Gasteiger partial charge in [-0.25, -0.2) is 0 Å². The number of rotatable bonds is 6. The smallest absolute Gasteiger partial charge is 0.310 e. The average Bonchev–Trinajstić information content (AvgIpc) is 2.78. The van der Waals surface area contributed by atoms with Gasteiger partial charge in [-0.15, -0.1) is 0 Å². The second kappa shape index (κ2) is 9.20. The molecule has 7 nitrogen and oxygen atoms in total. The van der Waals surface area contributed by atoms with Gasteiger partial charge in [-0.1, -0.05) is 30.3 Å². The highest BCUT2D eigenvalue weighted by atomic mass is 16.5. The van der Waals surface area contributed by atoms with E-state index in [0.29, 0.717) is 11.4 Å². The van der Waals surface area contributed by atoms with Gasteiger partial charge in [0.05, 0.1) is 18.2 Å². The molecular formula is C24H26N2O5. The van der Waals surface area contributed by atoms with Crippen LogP contribution in [0.3, 0.4) is 0 Å². The Morgan fingerprint density at radius 2 is 1.94 bits per heavy atom. The minimum atomic E-state index is -0.986. The summed E-state index contributed by atoms with van der Waals surface area (Å²) in [6, 6.07) is 13.1. The molecule has 0 saturated heterocycles. The number of carbonyl (C=O) groups is 3. The van der Waals surface area contributed by atoms with Gasteiger partial charge < -0.3 is 20.1 Å². The number of anilines is 1. The fourth-order valence-corrected chi connectivity index (χ4v) is 3.97. The Bertz CT molecular complexity index is 1000. The first-order valence-corrected chi connectivity index (χ1v) is 10.6. The van der Waals surface area contributed by atoms with E-state index in [2.05, 4.69) is 22.8 Å². The van der Waals surface area contributed by atoms with Gasteiger partial charge in [0.2, 0.25) is 0 Å². The van der Waals surface area contributed by atoms with Crippen molar-refractivity contribution in [2.24, 2.45) is 0 Å². The molecule has 31 heavy (non-hydrogen) atoms. The maximum absolute atomic E-state index is 12.2. The third-order valence-corrected chi connectivity index (χ3v) is 5.67. The first kappa shape index (κ1) is 20.9. The Balaban J connectivity index is 1.25. The van der Waals surface area contributed by atoms with Crippen molar-refractivity contribution in [2.45, 2.75) is 51.2 Å². The molecule has 1 aliphatic heterocycles. The van der Waals surface area contributed by atoms with Crippen LogP contribution in [0.5, 0.6) is 5.75 Å². The van der Waals surface area contributed by atoms with Crippen molar-refractivity contribution in [1.29, 1.82) is 0 Å². The summed E-state index contributed by atoms with van der Waals surface area (Å²) in [7, 11) is 0. The SMILES string of the molecule is C[C@@H](NC(=O)COC(=O)C[C@H]1Oc2ccccc2NC1=O)c1ccc2c(c1)CCCC2. The van der Waals surface area contributed by atoms with E-state index in [1.807, 2.05) is 13.0 Å². The fourth-order valence-electron chi connectivity index (χ4n) is 3.97. The predicted octanol–water partition coefficient (Wildman–Crippen LogP) is 3.08. The Morgan fingerprint density at radius 1 is 1.16 bits per heavy atom. The van der Waals surface area contributed by atoms with E-state index in [-0.39, 0.29) is 12.5 Å². The van der Waals surface area contributed by atoms with Crippen LogP contribution in [-0.2, 0) is 32.0 Å². The molecule has 2 aromatic carbocycles. The number of amides is 2. The van der Waals surface area contributed by atoms with Gasteiger partial charge in [0.25, 0.3) is 11.8 Å². The average molecular weight is 422 g/mol. The number of benzene rings is 2. The van der Waals surface area contributed by atoms with E-state index >= 15 is 0 Å². The zero-order valence-corrected chi connectivity index (χ0v) is 17.5. The maximum atomic E-state index is 12.2. The summed E-state index contributed by atoms with van der Waals surface area (Å²) in [6.45, 7) is 1.50. The van der Waals surface area contributed by atoms with E-state index in [1.54, 1.807) is 24.3 Å². The second-order valence-corrected chi connectivity index (χ2v) is 7.98. The third-order valence-electron chi connectivity index (χ3n) is 5.67. The Kier molecular flexibility index (Phi) is 6.21. The number of nitrogens with one attached hydrogen (secondary N) is 2. The molecule has 2 aromatic rings. The zero-order valence-electron chi connectivity index (χ0n) is 17.5. The Labute approximate surface area is 181 Å². The zero-order chi connectivity index (χ0) is 21.8. The molecule has 0 aromatic heterocycles. The summed E-state index contributed by atoms with van der Waals surface area (Å²) in [5.74, 6) is -0.980. The molecule has 2 atom stereocenters. The molecule has 162 valence electrons. The standard InChI is InChI=1S/C24H26N2O5/c1-15(17-11-10-16-6-2-3-7-18(16)12-17)25-22(27)14-30-23(28)13-21-24(29)26-19-8-4-5-9-20(19)31-21/h4-5,8-12,15,21H,2-3,6-7,13-14H2,1H3,(H,25,27)(H,26,29)/t15-,21-/m1/s1. The molecule has 0 saturated carbocycles. The molecule has 0 fully saturated rings. The number of hydrogen-bond donors (Lipinski definition) is 2. The summed E-state index contributed by atoms with van der Waals surface area (Å²) in [5, 5.41) is 5.55. The second-order valence-electron chi connectivity index (χ2n) is 7.98. The maximum Gasteiger partial charge on any atom is 0.310 e. The van der Waals surface area contributed by atoms with E-state index in [9.17, 15) is 14.4 Å². The number of hydrogen-bond acceptors (Lipinski definition) is 5. The highest BCUT2D eigenvalue weighted by Gasteiger charge is 2.30. The van der Waals surface area contributed by atoms with Crippen LogP contribution in [0.25, 0.3) is 0 Å². The largest absolute Gasteiger partial charge is 0.478 e. The lowest BCUT2D eigenvalue weighted by molar-refractivity contribution is -0.151. The summed E-state index contributed by atoms with van der Waals surface area (Å²) in [6.07, 6.45) is 3.35. The molecule has 2 aliphatic rings. The summed E-state index contributed by atoms with van der Waals surface area (Å²) >= 11 is 0. The summed E-state index contributed by atoms with van der Waals surface area (Å²) < 4.78 is 10.6. The topological polar surface area (TPSA) is 93.7 Å². The van der Waals surface area contributed by atoms with Crippen molar-refractivity contribution < 1.29 is 23.9 Å². The number of aryl methyl sites for hydroxylation is 2. The quantitative estimate of drug-likeness (QED) is 0.698. The molecule has 0 unspecified atom stereocenters. The lowest BCUT2D eigenvalue weighted by Gasteiger charge is -2.25. The van der Waals surface area contributed by atoms with Crippen molar-refractivity contribution in [3.63, 3.8) is 0 Å². The van der Waals surface area contributed by atoms with E-state index < -0.39 is 30.5 Å². The molecule has 1 heterocycles. The molecule has 7 heteroatoms. The van der Waals surface area contributed by atoms with Crippen LogP contribution >= 0.6 is 0 Å². The predicted molar refractivity (Wildman–Crippen MR) is 115 cm³/mol. The van der Waals surface area contributed by atoms with Crippen molar-refractivity contribution in [1.82, 2.24) is 5.32 Å². The summed E-state index contributed by atoms with van der Waals surface area (Å²) in [4.78, 5) is 36.5. The lowest BCUT2D eigenvalue weighted by Crippen LogP contribution is -2.39. The Morgan fingerprint density at radius 3 is 2.77 bits per heavy atom. The minimum absolute atomic E-state index is 0.192. The van der Waals surface area contributed by atoms with Gasteiger partial charge in [0.1, 0.15) is 5.75 Å². The van der Waals surface area contributed by atoms with Gasteiger partial charge in [0.15, 0.2) is 12.7 Å². The van der Waals surface area contributed by atoms with Gasteiger partial charge in [-0.05, 0) is 61.4 Å². The van der Waals surface area contributed by atoms with Crippen molar-refractivity contribution in [2.75, 3.05) is 11.9 Å². The van der Waals surface area contributed by atoms with Crippen molar-refractivity contribution in [3.05, 3.63) is 59.2 Å². The molecule has 1 aliphatic carbocycles. The van der Waals surface area contributed by atoms with Crippen LogP contribution in [0, 0.1) is 0 Å². The van der Waals surface area contributed by atoms with Crippen LogP contribution in [0.2, 0.25) is 0 Å². The molecule has 0 spiro atoms. The molecule has 0 bridgehead atoms. The van der Waals surface area contributed by atoms with Gasteiger partial charge in [0, 0.05) is 0 Å². The molecule has 2 amide bonds. The minimum Gasteiger partial charge on any atom is -0.478 e. The normalized spacial score (nSPS) is 18.0. The van der Waals surface area contributed by atoms with Gasteiger partial charge in [-0.3, -0.25) is 14.4 Å². The fraction of sp³-hybridized carbons (Fsp3) is 0.375. The van der Waals surface area contributed by atoms with Crippen LogP contribution in [-0.4, -0.2) is 30.5 Å². The molecular weight excluding hydrogens is 396 g/mol. The number of esters is 1. The highest BCUT2D eigenvalue weighted by molar-refractivity contribution is 5.99. The van der Waals surface area contributed by atoms with Crippen molar-refractivity contribution >= 4 is 23.5 Å². The van der Waals surface area contributed by atoms with Crippen LogP contribution in [0.4, 0.5) is 5.69 Å². The molecule has 0 radical (unpaired) electrons.